The zero-order chi connectivity index (χ0) is 13.8. The molecule has 0 bridgehead atoms. The van der Waals surface area contributed by atoms with Crippen LogP contribution in [0, 0.1) is 13.8 Å². The van der Waals surface area contributed by atoms with Gasteiger partial charge in [0, 0.05) is 5.69 Å². The Morgan fingerprint density at radius 1 is 1.37 bits per heavy atom. The van der Waals surface area contributed by atoms with E-state index in [4.69, 9.17) is 10.5 Å². The van der Waals surface area contributed by atoms with Crippen molar-refractivity contribution in [2.45, 2.75) is 26.5 Å². The minimum absolute atomic E-state index is 0.187. The third-order valence-corrected chi connectivity index (χ3v) is 2.84. The number of nitrogen functional groups attached to an aromatic ring is 1. The lowest BCUT2D eigenvalue weighted by Gasteiger charge is -2.14. The Bertz CT molecular complexity index is 551. The van der Waals surface area contributed by atoms with Crippen LogP contribution in [-0.2, 0) is 6.54 Å². The van der Waals surface area contributed by atoms with Crippen LogP contribution in [0.3, 0.4) is 0 Å². The van der Waals surface area contributed by atoms with E-state index in [9.17, 15) is 5.11 Å². The van der Waals surface area contributed by atoms with Gasteiger partial charge in [0.2, 0.25) is 0 Å². The lowest BCUT2D eigenvalue weighted by atomic mass is 10.3. The summed E-state index contributed by atoms with van der Waals surface area (Å²) in [5, 5.41) is 14.3. The summed E-state index contributed by atoms with van der Waals surface area (Å²) in [4.78, 5) is 0. The molecule has 0 spiro atoms. The van der Waals surface area contributed by atoms with Crippen molar-refractivity contribution < 1.29 is 9.84 Å². The first-order valence-corrected chi connectivity index (χ1v) is 6.22. The minimum Gasteiger partial charge on any atom is -0.489 e. The summed E-state index contributed by atoms with van der Waals surface area (Å²) >= 11 is 0. The van der Waals surface area contributed by atoms with Gasteiger partial charge in [-0.1, -0.05) is 12.1 Å². The smallest absolute Gasteiger partial charge is 0.142 e. The monoisotopic (exact) mass is 261 g/mol. The molecule has 0 radical (unpaired) electrons. The number of rotatable bonds is 5. The van der Waals surface area contributed by atoms with E-state index in [0.717, 1.165) is 11.4 Å². The van der Waals surface area contributed by atoms with Crippen LogP contribution in [0.4, 0.5) is 5.69 Å². The number of para-hydroxylation sites is 2. The summed E-state index contributed by atoms with van der Waals surface area (Å²) in [6.45, 7) is 4.48. The summed E-state index contributed by atoms with van der Waals surface area (Å²) < 4.78 is 7.28. The third kappa shape index (κ3) is 3.48. The molecule has 2 aromatic rings. The maximum absolute atomic E-state index is 9.96. The number of ether oxygens (including phenoxy) is 1. The van der Waals surface area contributed by atoms with Crippen LogP contribution < -0.4 is 10.5 Å². The van der Waals surface area contributed by atoms with Gasteiger partial charge in [0.25, 0.3) is 0 Å². The molecule has 5 nitrogen and oxygen atoms in total. The quantitative estimate of drug-likeness (QED) is 0.800. The highest BCUT2D eigenvalue weighted by Crippen LogP contribution is 2.19. The second kappa shape index (κ2) is 5.75. The van der Waals surface area contributed by atoms with E-state index in [0.29, 0.717) is 18.0 Å². The van der Waals surface area contributed by atoms with E-state index in [1.165, 1.54) is 0 Å². The Morgan fingerprint density at radius 2 is 2.11 bits per heavy atom. The summed E-state index contributed by atoms with van der Waals surface area (Å²) in [7, 11) is 0. The molecule has 0 amide bonds. The van der Waals surface area contributed by atoms with Crippen molar-refractivity contribution in [1.82, 2.24) is 9.78 Å². The summed E-state index contributed by atoms with van der Waals surface area (Å²) in [5.74, 6) is 0.593. The molecule has 19 heavy (non-hydrogen) atoms. The average molecular weight is 261 g/mol. The second-order valence-corrected chi connectivity index (χ2v) is 4.61. The standard InChI is InChI=1S/C14H19N3O2/c1-10-7-11(2)17(16-10)8-12(18)9-19-14-6-4-3-5-13(14)15/h3-7,12,18H,8-9,15H2,1-2H3. The van der Waals surface area contributed by atoms with E-state index in [2.05, 4.69) is 5.10 Å². The number of aromatic nitrogens is 2. The van der Waals surface area contributed by atoms with Crippen LogP contribution >= 0.6 is 0 Å². The molecule has 1 aromatic heterocycles. The first-order valence-electron chi connectivity index (χ1n) is 6.22. The van der Waals surface area contributed by atoms with Gasteiger partial charge in [-0.25, -0.2) is 0 Å². The predicted octanol–water partition coefficient (Wildman–Crippen LogP) is 1.52. The predicted molar refractivity (Wildman–Crippen MR) is 74.1 cm³/mol. The first-order chi connectivity index (χ1) is 9.06. The molecule has 0 aliphatic rings. The highest BCUT2D eigenvalue weighted by atomic mass is 16.5. The van der Waals surface area contributed by atoms with Crippen molar-refractivity contribution in [1.29, 1.82) is 0 Å². The number of hydrogen-bond donors (Lipinski definition) is 2. The lowest BCUT2D eigenvalue weighted by molar-refractivity contribution is 0.0890. The zero-order valence-electron chi connectivity index (χ0n) is 11.2. The Kier molecular flexibility index (Phi) is 4.06. The molecule has 0 aliphatic carbocycles. The van der Waals surface area contributed by atoms with E-state index in [-0.39, 0.29) is 6.61 Å². The Labute approximate surface area is 112 Å². The van der Waals surface area contributed by atoms with Gasteiger partial charge in [0.1, 0.15) is 18.5 Å². The van der Waals surface area contributed by atoms with E-state index >= 15 is 0 Å². The molecule has 1 heterocycles. The summed E-state index contributed by atoms with van der Waals surface area (Å²) in [5.41, 5.74) is 8.30. The van der Waals surface area contributed by atoms with Crippen LogP contribution in [-0.4, -0.2) is 27.6 Å². The van der Waals surface area contributed by atoms with Gasteiger partial charge in [-0.15, -0.1) is 0 Å². The van der Waals surface area contributed by atoms with Gasteiger partial charge in [0.05, 0.1) is 17.9 Å². The van der Waals surface area contributed by atoms with Crippen molar-refractivity contribution in [3.05, 3.63) is 41.7 Å². The highest BCUT2D eigenvalue weighted by Gasteiger charge is 2.10. The molecule has 102 valence electrons. The van der Waals surface area contributed by atoms with E-state index < -0.39 is 6.10 Å². The molecule has 1 unspecified atom stereocenters. The van der Waals surface area contributed by atoms with Gasteiger partial charge in [-0.05, 0) is 32.0 Å². The zero-order valence-corrected chi connectivity index (χ0v) is 11.2. The number of aryl methyl sites for hydroxylation is 2. The van der Waals surface area contributed by atoms with Crippen LogP contribution in [0.1, 0.15) is 11.4 Å². The van der Waals surface area contributed by atoms with Gasteiger partial charge in [0.15, 0.2) is 0 Å². The minimum atomic E-state index is -0.627. The molecule has 1 aromatic carbocycles. The van der Waals surface area contributed by atoms with Crippen molar-refractivity contribution in [2.24, 2.45) is 0 Å². The van der Waals surface area contributed by atoms with Crippen molar-refractivity contribution >= 4 is 5.69 Å². The number of aliphatic hydroxyl groups excluding tert-OH is 1. The largest absolute Gasteiger partial charge is 0.489 e. The maximum atomic E-state index is 9.96. The fourth-order valence-corrected chi connectivity index (χ4v) is 1.91. The van der Waals surface area contributed by atoms with Crippen LogP contribution in [0.15, 0.2) is 30.3 Å². The third-order valence-electron chi connectivity index (χ3n) is 2.84. The maximum Gasteiger partial charge on any atom is 0.142 e. The van der Waals surface area contributed by atoms with Crippen LogP contribution in [0.25, 0.3) is 0 Å². The molecule has 0 saturated carbocycles. The van der Waals surface area contributed by atoms with Crippen LogP contribution in [0.2, 0.25) is 0 Å². The van der Waals surface area contributed by atoms with Crippen molar-refractivity contribution in [2.75, 3.05) is 12.3 Å². The second-order valence-electron chi connectivity index (χ2n) is 4.61. The van der Waals surface area contributed by atoms with E-state index in [1.807, 2.05) is 32.0 Å². The molecule has 0 aliphatic heterocycles. The van der Waals surface area contributed by atoms with Gasteiger partial charge < -0.3 is 15.6 Å². The molecule has 2 rings (SSSR count). The molecule has 3 N–H and O–H groups in total. The van der Waals surface area contributed by atoms with Gasteiger partial charge in [-0.2, -0.15) is 5.10 Å². The Hall–Kier alpha value is -2.01. The molecule has 0 fully saturated rings. The number of aliphatic hydroxyl groups is 1. The fraction of sp³-hybridized carbons (Fsp3) is 0.357. The van der Waals surface area contributed by atoms with E-state index in [1.54, 1.807) is 16.8 Å². The Morgan fingerprint density at radius 3 is 2.74 bits per heavy atom. The first kappa shape index (κ1) is 13.4. The summed E-state index contributed by atoms with van der Waals surface area (Å²) in [6.07, 6.45) is -0.627. The topological polar surface area (TPSA) is 73.3 Å². The number of benzene rings is 1. The molecule has 1 atom stereocenters. The molecular formula is C14H19N3O2. The lowest BCUT2D eigenvalue weighted by Crippen LogP contribution is -2.25. The van der Waals surface area contributed by atoms with Crippen LogP contribution in [0.5, 0.6) is 5.75 Å². The highest BCUT2D eigenvalue weighted by molar-refractivity contribution is 5.51. The molecule has 0 saturated heterocycles. The number of hydrogen-bond acceptors (Lipinski definition) is 4. The average Bonchev–Trinajstić information content (AvgIpc) is 2.67. The normalized spacial score (nSPS) is 12.4. The van der Waals surface area contributed by atoms with Crippen molar-refractivity contribution in [3.63, 3.8) is 0 Å². The van der Waals surface area contributed by atoms with Gasteiger partial charge in [-0.3, -0.25) is 4.68 Å². The molecule has 5 heteroatoms. The SMILES string of the molecule is Cc1cc(C)n(CC(O)COc2ccccc2N)n1. The summed E-state index contributed by atoms with van der Waals surface area (Å²) in [6, 6.07) is 9.21. The van der Waals surface area contributed by atoms with Crippen molar-refractivity contribution in [3.8, 4) is 5.75 Å². The number of nitrogens with two attached hydrogens (primary N) is 1. The number of anilines is 1. The van der Waals surface area contributed by atoms with Gasteiger partial charge >= 0.3 is 0 Å². The Balaban J connectivity index is 1.90. The fourth-order valence-electron chi connectivity index (χ4n) is 1.91. The number of nitrogens with zero attached hydrogens (tertiary/aromatic N) is 2. The molecular weight excluding hydrogens is 242 g/mol.